The van der Waals surface area contributed by atoms with Crippen LogP contribution in [0.5, 0.6) is 0 Å². The van der Waals surface area contributed by atoms with Crippen molar-refractivity contribution >= 4 is 0 Å². The fourth-order valence-corrected chi connectivity index (χ4v) is 2.81. The van der Waals surface area contributed by atoms with Gasteiger partial charge in [0.15, 0.2) is 0 Å². The Balaban J connectivity index is 1.78. The van der Waals surface area contributed by atoms with Gasteiger partial charge in [-0.1, -0.05) is 48.5 Å². The van der Waals surface area contributed by atoms with E-state index in [0.717, 1.165) is 17.7 Å². The lowest BCUT2D eigenvalue weighted by atomic mass is 9.99. The van der Waals surface area contributed by atoms with E-state index in [-0.39, 0.29) is 17.7 Å². The molecule has 0 bridgehead atoms. The second-order valence-corrected chi connectivity index (χ2v) is 6.18. The first-order chi connectivity index (χ1) is 12.9. The van der Waals surface area contributed by atoms with E-state index in [1.807, 2.05) is 30.3 Å². The molecule has 0 heterocycles. The standard InChI is InChI=1S/C22H18F4O/c23-21-9-5-4-8-20(21)18-12-17(13-19(14-18)22(24,25)26)15-27-11-10-16-6-2-1-3-7-16/h1-9,12-14H,10-11,15H2. The predicted molar refractivity (Wildman–Crippen MR) is 96.6 cm³/mol. The Bertz CT molecular complexity index is 888. The summed E-state index contributed by atoms with van der Waals surface area (Å²) >= 11 is 0. The van der Waals surface area contributed by atoms with Crippen LogP contribution in [0.3, 0.4) is 0 Å². The second kappa shape index (κ2) is 8.35. The molecule has 0 N–H and O–H groups in total. The number of alkyl halides is 3. The molecule has 3 aromatic rings. The van der Waals surface area contributed by atoms with Gasteiger partial charge in [0.2, 0.25) is 0 Å². The number of rotatable bonds is 6. The van der Waals surface area contributed by atoms with Crippen molar-refractivity contribution < 1.29 is 22.3 Å². The van der Waals surface area contributed by atoms with Crippen LogP contribution < -0.4 is 0 Å². The van der Waals surface area contributed by atoms with Crippen LogP contribution in [-0.4, -0.2) is 6.61 Å². The minimum Gasteiger partial charge on any atom is -0.376 e. The molecule has 3 rings (SSSR count). The van der Waals surface area contributed by atoms with Gasteiger partial charge in [-0.3, -0.25) is 0 Å². The van der Waals surface area contributed by atoms with Crippen molar-refractivity contribution in [2.45, 2.75) is 19.2 Å². The van der Waals surface area contributed by atoms with Gasteiger partial charge in [0.1, 0.15) is 5.82 Å². The van der Waals surface area contributed by atoms with Crippen molar-refractivity contribution in [2.24, 2.45) is 0 Å². The number of halogens is 4. The van der Waals surface area contributed by atoms with Gasteiger partial charge in [0.25, 0.3) is 0 Å². The first kappa shape index (κ1) is 19.1. The zero-order valence-corrected chi connectivity index (χ0v) is 14.5. The van der Waals surface area contributed by atoms with Crippen molar-refractivity contribution in [3.05, 3.63) is 95.3 Å². The van der Waals surface area contributed by atoms with Crippen LogP contribution in [0.1, 0.15) is 16.7 Å². The summed E-state index contributed by atoms with van der Waals surface area (Å²) in [5.41, 5.74) is 0.952. The van der Waals surface area contributed by atoms with E-state index in [1.54, 1.807) is 6.07 Å². The van der Waals surface area contributed by atoms with E-state index in [9.17, 15) is 17.6 Å². The van der Waals surface area contributed by atoms with E-state index < -0.39 is 17.6 Å². The third kappa shape index (κ3) is 5.17. The summed E-state index contributed by atoms with van der Waals surface area (Å²) in [6, 6.07) is 19.0. The molecule has 1 nitrogen and oxygen atoms in total. The van der Waals surface area contributed by atoms with Gasteiger partial charge in [-0.15, -0.1) is 0 Å². The van der Waals surface area contributed by atoms with Gasteiger partial charge in [-0.05, 0) is 47.4 Å². The first-order valence-electron chi connectivity index (χ1n) is 8.51. The molecule has 0 atom stereocenters. The highest BCUT2D eigenvalue weighted by Crippen LogP contribution is 2.34. The Hall–Kier alpha value is -2.66. The summed E-state index contributed by atoms with van der Waals surface area (Å²) in [5, 5.41) is 0. The molecule has 140 valence electrons. The van der Waals surface area contributed by atoms with Crippen molar-refractivity contribution in [1.82, 2.24) is 0 Å². The van der Waals surface area contributed by atoms with Crippen LogP contribution in [0, 0.1) is 5.82 Å². The van der Waals surface area contributed by atoms with E-state index in [1.165, 1.54) is 24.3 Å². The molecule has 27 heavy (non-hydrogen) atoms. The zero-order chi connectivity index (χ0) is 19.3. The third-order valence-electron chi connectivity index (χ3n) is 4.15. The van der Waals surface area contributed by atoms with E-state index in [0.29, 0.717) is 18.6 Å². The number of benzene rings is 3. The summed E-state index contributed by atoms with van der Waals surface area (Å²) in [6.07, 6.45) is -3.85. The molecular formula is C22H18F4O. The lowest BCUT2D eigenvalue weighted by Crippen LogP contribution is -2.07. The molecule has 0 saturated carbocycles. The topological polar surface area (TPSA) is 9.23 Å². The number of hydrogen-bond acceptors (Lipinski definition) is 1. The third-order valence-corrected chi connectivity index (χ3v) is 4.15. The van der Waals surface area contributed by atoms with Gasteiger partial charge in [-0.25, -0.2) is 4.39 Å². The van der Waals surface area contributed by atoms with Crippen LogP contribution in [0.25, 0.3) is 11.1 Å². The van der Waals surface area contributed by atoms with Gasteiger partial charge in [0, 0.05) is 5.56 Å². The highest BCUT2D eigenvalue weighted by Gasteiger charge is 2.31. The maximum Gasteiger partial charge on any atom is 0.416 e. The molecule has 0 aliphatic rings. The molecule has 0 amide bonds. The summed E-state index contributed by atoms with van der Waals surface area (Å²) in [7, 11) is 0. The summed E-state index contributed by atoms with van der Waals surface area (Å²) in [6.45, 7) is 0.410. The normalized spacial score (nSPS) is 11.6. The fourth-order valence-electron chi connectivity index (χ4n) is 2.81. The zero-order valence-electron chi connectivity index (χ0n) is 14.5. The molecule has 0 radical (unpaired) electrons. The van der Waals surface area contributed by atoms with Crippen molar-refractivity contribution in [3.8, 4) is 11.1 Å². The Labute approximate surface area is 155 Å². The second-order valence-electron chi connectivity index (χ2n) is 6.18. The van der Waals surface area contributed by atoms with Crippen LogP contribution in [-0.2, 0) is 23.9 Å². The Morgan fingerprint density at radius 3 is 2.19 bits per heavy atom. The van der Waals surface area contributed by atoms with E-state index in [4.69, 9.17) is 4.74 Å². The largest absolute Gasteiger partial charge is 0.416 e. The number of hydrogen-bond donors (Lipinski definition) is 0. The van der Waals surface area contributed by atoms with Gasteiger partial charge < -0.3 is 4.74 Å². The first-order valence-corrected chi connectivity index (χ1v) is 8.51. The predicted octanol–water partition coefficient (Wildman–Crippen LogP) is 6.27. The summed E-state index contributed by atoms with van der Waals surface area (Å²) < 4.78 is 59.3. The lowest BCUT2D eigenvalue weighted by Gasteiger charge is -2.13. The monoisotopic (exact) mass is 374 g/mol. The minimum atomic E-state index is -4.51. The molecule has 0 aromatic heterocycles. The van der Waals surface area contributed by atoms with Crippen molar-refractivity contribution in [3.63, 3.8) is 0 Å². The highest BCUT2D eigenvalue weighted by atomic mass is 19.4. The molecule has 3 aromatic carbocycles. The maximum absolute atomic E-state index is 14.0. The minimum absolute atomic E-state index is 0.0260. The molecule has 0 fully saturated rings. The average molecular weight is 374 g/mol. The molecule has 0 aliphatic carbocycles. The molecule has 0 unspecified atom stereocenters. The van der Waals surface area contributed by atoms with Crippen LogP contribution >= 0.6 is 0 Å². The molecule has 0 spiro atoms. The maximum atomic E-state index is 14.0. The van der Waals surface area contributed by atoms with Gasteiger partial charge in [0.05, 0.1) is 18.8 Å². The molecule has 5 heteroatoms. The molecule has 0 saturated heterocycles. The van der Waals surface area contributed by atoms with E-state index in [2.05, 4.69) is 0 Å². The average Bonchev–Trinajstić information content (AvgIpc) is 2.65. The Morgan fingerprint density at radius 2 is 1.48 bits per heavy atom. The molecule has 0 aliphatic heterocycles. The van der Waals surface area contributed by atoms with E-state index >= 15 is 0 Å². The Kier molecular flexibility index (Phi) is 5.91. The highest BCUT2D eigenvalue weighted by molar-refractivity contribution is 5.66. The van der Waals surface area contributed by atoms with Crippen LogP contribution in [0.4, 0.5) is 17.6 Å². The van der Waals surface area contributed by atoms with Crippen LogP contribution in [0.2, 0.25) is 0 Å². The SMILES string of the molecule is Fc1ccccc1-c1cc(COCCc2ccccc2)cc(C(F)(F)F)c1. The van der Waals surface area contributed by atoms with Crippen LogP contribution in [0.15, 0.2) is 72.8 Å². The summed E-state index contributed by atoms with van der Waals surface area (Å²) in [4.78, 5) is 0. The molecular weight excluding hydrogens is 356 g/mol. The Morgan fingerprint density at radius 1 is 0.778 bits per heavy atom. The van der Waals surface area contributed by atoms with Crippen molar-refractivity contribution in [2.75, 3.05) is 6.61 Å². The smallest absolute Gasteiger partial charge is 0.376 e. The number of ether oxygens (including phenoxy) is 1. The lowest BCUT2D eigenvalue weighted by molar-refractivity contribution is -0.137. The van der Waals surface area contributed by atoms with Crippen molar-refractivity contribution in [1.29, 1.82) is 0 Å². The van der Waals surface area contributed by atoms with Gasteiger partial charge in [-0.2, -0.15) is 13.2 Å². The fraction of sp³-hybridized carbons (Fsp3) is 0.182. The van der Waals surface area contributed by atoms with Gasteiger partial charge >= 0.3 is 6.18 Å². The summed E-state index contributed by atoms with van der Waals surface area (Å²) in [5.74, 6) is -0.562. The quantitative estimate of drug-likeness (QED) is 0.365.